The maximum Gasteiger partial charge on any atom is 0.311 e. The van der Waals surface area contributed by atoms with Gasteiger partial charge in [0.25, 0.3) is 0 Å². The minimum Gasteiger partial charge on any atom is -0.447 e. The minimum atomic E-state index is -0.701. The molecule has 0 fully saturated rings. The summed E-state index contributed by atoms with van der Waals surface area (Å²) in [6, 6.07) is 9.60. The summed E-state index contributed by atoms with van der Waals surface area (Å²) >= 11 is 0. The van der Waals surface area contributed by atoms with Gasteiger partial charge in [0.1, 0.15) is 6.07 Å². The molecule has 0 unspecified atom stereocenters. The van der Waals surface area contributed by atoms with Crippen molar-refractivity contribution in [1.29, 1.82) is 5.26 Å². The van der Waals surface area contributed by atoms with Gasteiger partial charge in [-0.05, 0) is 18.6 Å². The molecule has 2 aromatic rings. The molecule has 4 heteroatoms. The molecule has 1 heterocycles. The molecule has 0 aliphatic rings. The molecule has 0 saturated carbocycles. The Hall–Kier alpha value is -2.28. The topological polar surface area (TPSA) is 65.9 Å². The summed E-state index contributed by atoms with van der Waals surface area (Å²) in [6.07, 6.45) is 1.27. The number of H-pyrrole nitrogens is 1. The fourth-order valence-corrected chi connectivity index (χ4v) is 1.70. The lowest BCUT2D eigenvalue weighted by Crippen LogP contribution is -2.14. The third-order valence-corrected chi connectivity index (χ3v) is 2.50. The second-order valence-electron chi connectivity index (χ2n) is 3.80. The molecule has 1 aromatic heterocycles. The molecular formula is C13H12N2O2. The third kappa shape index (κ3) is 2.45. The van der Waals surface area contributed by atoms with Crippen molar-refractivity contribution in [3.05, 3.63) is 36.0 Å². The number of aromatic amines is 1. The maximum absolute atomic E-state index is 11.5. The first kappa shape index (κ1) is 11.2. The first-order valence-corrected chi connectivity index (χ1v) is 5.35. The molecule has 0 aliphatic carbocycles. The molecule has 1 N–H and O–H groups in total. The number of para-hydroxylation sites is 1. The zero-order chi connectivity index (χ0) is 12.3. The number of rotatable bonds is 3. The number of nitrogens with zero attached hydrogens (tertiary/aromatic N) is 1. The van der Waals surface area contributed by atoms with E-state index in [9.17, 15) is 4.79 Å². The standard InChI is InChI=1S/C13H12N2O2/c1-9(7-14)17-13(16)6-10-8-15-12-5-3-2-4-11(10)12/h2-5,8-9,15H,6H2,1H3/t9-/m0/s1. The minimum absolute atomic E-state index is 0.177. The third-order valence-electron chi connectivity index (χ3n) is 2.50. The van der Waals surface area contributed by atoms with Gasteiger partial charge in [0.2, 0.25) is 0 Å². The highest BCUT2D eigenvalue weighted by atomic mass is 16.5. The number of nitrogens with one attached hydrogen (secondary N) is 1. The Balaban J connectivity index is 2.14. The van der Waals surface area contributed by atoms with Crippen LogP contribution in [0.25, 0.3) is 10.9 Å². The van der Waals surface area contributed by atoms with Crippen molar-refractivity contribution in [2.75, 3.05) is 0 Å². The number of hydrogen-bond donors (Lipinski definition) is 1. The average molecular weight is 228 g/mol. The van der Waals surface area contributed by atoms with Crippen LogP contribution in [0.1, 0.15) is 12.5 Å². The molecule has 86 valence electrons. The normalized spacial score (nSPS) is 12.0. The van der Waals surface area contributed by atoms with E-state index in [1.54, 1.807) is 13.1 Å². The fourth-order valence-electron chi connectivity index (χ4n) is 1.70. The number of carbonyl (C=O) groups excluding carboxylic acids is 1. The molecule has 1 atom stereocenters. The largest absolute Gasteiger partial charge is 0.447 e. The van der Waals surface area contributed by atoms with Crippen LogP contribution >= 0.6 is 0 Å². The first-order valence-electron chi connectivity index (χ1n) is 5.35. The van der Waals surface area contributed by atoms with Crippen LogP contribution in [-0.2, 0) is 16.0 Å². The van der Waals surface area contributed by atoms with E-state index in [2.05, 4.69) is 4.98 Å². The summed E-state index contributed by atoms with van der Waals surface area (Å²) in [4.78, 5) is 14.6. The van der Waals surface area contributed by atoms with E-state index in [4.69, 9.17) is 10.00 Å². The van der Waals surface area contributed by atoms with Crippen molar-refractivity contribution in [2.45, 2.75) is 19.4 Å². The first-order chi connectivity index (χ1) is 8.20. The van der Waals surface area contributed by atoms with E-state index >= 15 is 0 Å². The van der Waals surface area contributed by atoms with Gasteiger partial charge in [-0.1, -0.05) is 18.2 Å². The molecule has 2 rings (SSSR count). The molecular weight excluding hydrogens is 216 g/mol. The summed E-state index contributed by atoms with van der Waals surface area (Å²) < 4.78 is 4.91. The summed E-state index contributed by atoms with van der Waals surface area (Å²) in [5.41, 5.74) is 1.87. The Morgan fingerprint density at radius 1 is 1.53 bits per heavy atom. The van der Waals surface area contributed by atoms with Crippen LogP contribution in [0.3, 0.4) is 0 Å². The van der Waals surface area contributed by atoms with Crippen LogP contribution in [-0.4, -0.2) is 17.1 Å². The van der Waals surface area contributed by atoms with Crippen molar-refractivity contribution >= 4 is 16.9 Å². The number of benzene rings is 1. The molecule has 0 radical (unpaired) electrons. The fraction of sp³-hybridized carbons (Fsp3) is 0.231. The molecule has 1 aromatic carbocycles. The van der Waals surface area contributed by atoms with Gasteiger partial charge >= 0.3 is 5.97 Å². The van der Waals surface area contributed by atoms with Crippen molar-refractivity contribution < 1.29 is 9.53 Å². The predicted octanol–water partition coefficient (Wildman–Crippen LogP) is 2.17. The highest BCUT2D eigenvalue weighted by Crippen LogP contribution is 2.18. The number of carbonyl (C=O) groups is 1. The average Bonchev–Trinajstić information content (AvgIpc) is 2.72. The van der Waals surface area contributed by atoms with E-state index in [-0.39, 0.29) is 12.4 Å². The number of hydrogen-bond acceptors (Lipinski definition) is 3. The lowest BCUT2D eigenvalue weighted by Gasteiger charge is -2.04. The lowest BCUT2D eigenvalue weighted by atomic mass is 10.1. The Kier molecular flexibility index (Phi) is 3.10. The molecule has 0 amide bonds. The highest BCUT2D eigenvalue weighted by Gasteiger charge is 2.12. The Morgan fingerprint density at radius 2 is 2.29 bits per heavy atom. The quantitative estimate of drug-likeness (QED) is 0.818. The Labute approximate surface area is 98.8 Å². The number of fused-ring (bicyclic) bond motifs is 1. The number of aromatic nitrogens is 1. The van der Waals surface area contributed by atoms with Gasteiger partial charge in [0.15, 0.2) is 6.10 Å². The molecule has 17 heavy (non-hydrogen) atoms. The van der Waals surface area contributed by atoms with E-state index in [1.807, 2.05) is 30.3 Å². The Bertz CT molecular complexity index is 580. The van der Waals surface area contributed by atoms with Crippen LogP contribution in [0.4, 0.5) is 0 Å². The van der Waals surface area contributed by atoms with E-state index in [0.29, 0.717) is 0 Å². The van der Waals surface area contributed by atoms with Gasteiger partial charge < -0.3 is 9.72 Å². The van der Waals surface area contributed by atoms with Gasteiger partial charge in [-0.3, -0.25) is 4.79 Å². The second kappa shape index (κ2) is 4.71. The number of ether oxygens (including phenoxy) is 1. The van der Waals surface area contributed by atoms with Crippen LogP contribution in [0.2, 0.25) is 0 Å². The summed E-state index contributed by atoms with van der Waals surface area (Å²) in [5.74, 6) is -0.385. The van der Waals surface area contributed by atoms with Gasteiger partial charge in [-0.15, -0.1) is 0 Å². The van der Waals surface area contributed by atoms with Crippen LogP contribution in [0.15, 0.2) is 30.5 Å². The van der Waals surface area contributed by atoms with Crippen molar-refractivity contribution in [3.8, 4) is 6.07 Å². The van der Waals surface area contributed by atoms with E-state index < -0.39 is 6.10 Å². The maximum atomic E-state index is 11.5. The van der Waals surface area contributed by atoms with Crippen LogP contribution in [0.5, 0.6) is 0 Å². The summed E-state index contributed by atoms with van der Waals surface area (Å²) in [7, 11) is 0. The molecule has 0 saturated heterocycles. The van der Waals surface area contributed by atoms with Crippen molar-refractivity contribution in [1.82, 2.24) is 4.98 Å². The SMILES string of the molecule is C[C@@H](C#N)OC(=O)Cc1c[nH]c2ccccc12. The molecule has 0 spiro atoms. The second-order valence-corrected chi connectivity index (χ2v) is 3.80. The Morgan fingerprint density at radius 3 is 3.06 bits per heavy atom. The van der Waals surface area contributed by atoms with Crippen LogP contribution < -0.4 is 0 Å². The number of esters is 1. The van der Waals surface area contributed by atoms with Crippen molar-refractivity contribution in [3.63, 3.8) is 0 Å². The smallest absolute Gasteiger partial charge is 0.311 e. The molecule has 4 nitrogen and oxygen atoms in total. The summed E-state index contributed by atoms with van der Waals surface area (Å²) in [6.45, 7) is 1.55. The number of nitriles is 1. The van der Waals surface area contributed by atoms with E-state index in [1.165, 1.54) is 0 Å². The molecule has 0 aliphatic heterocycles. The highest BCUT2D eigenvalue weighted by molar-refractivity contribution is 5.87. The van der Waals surface area contributed by atoms with Gasteiger partial charge in [-0.2, -0.15) is 5.26 Å². The monoisotopic (exact) mass is 228 g/mol. The van der Waals surface area contributed by atoms with Gasteiger partial charge in [0.05, 0.1) is 6.42 Å². The predicted molar refractivity (Wildman–Crippen MR) is 63.2 cm³/mol. The van der Waals surface area contributed by atoms with Gasteiger partial charge in [-0.25, -0.2) is 0 Å². The van der Waals surface area contributed by atoms with Crippen LogP contribution in [0, 0.1) is 11.3 Å². The zero-order valence-corrected chi connectivity index (χ0v) is 9.43. The van der Waals surface area contributed by atoms with Crippen molar-refractivity contribution in [2.24, 2.45) is 0 Å². The summed E-state index contributed by atoms with van der Waals surface area (Å²) in [5, 5.41) is 9.56. The van der Waals surface area contributed by atoms with Gasteiger partial charge in [0, 0.05) is 17.1 Å². The zero-order valence-electron chi connectivity index (χ0n) is 9.43. The van der Waals surface area contributed by atoms with E-state index in [0.717, 1.165) is 16.5 Å². The lowest BCUT2D eigenvalue weighted by molar-refractivity contribution is -0.145. The molecule has 0 bridgehead atoms.